The summed E-state index contributed by atoms with van der Waals surface area (Å²) in [6.07, 6.45) is -0.236. The van der Waals surface area contributed by atoms with Gasteiger partial charge in [-0.2, -0.15) is 0 Å². The number of amides is 1. The second-order valence-electron chi connectivity index (χ2n) is 5.99. The zero-order valence-corrected chi connectivity index (χ0v) is 13.8. The van der Waals surface area contributed by atoms with Crippen LogP contribution >= 0.6 is 0 Å². The molecule has 1 aliphatic rings. The predicted octanol–water partition coefficient (Wildman–Crippen LogP) is 1.24. The molecule has 1 aromatic rings. The fraction of sp³-hybridized carbons (Fsp3) is 0.471. The molecular weight excluding hydrogens is 333 g/mol. The van der Waals surface area contributed by atoms with Crippen molar-refractivity contribution in [2.45, 2.75) is 31.3 Å². The molecule has 0 aromatic heterocycles. The van der Waals surface area contributed by atoms with Crippen molar-refractivity contribution >= 4 is 17.7 Å². The van der Waals surface area contributed by atoms with E-state index in [0.717, 1.165) is 6.07 Å². The van der Waals surface area contributed by atoms with Gasteiger partial charge in [-0.25, -0.2) is 9.18 Å². The third kappa shape index (κ3) is 4.33. The van der Waals surface area contributed by atoms with E-state index in [1.54, 1.807) is 0 Å². The molecule has 1 fully saturated rings. The number of carbonyl (C=O) groups is 3. The zero-order valence-electron chi connectivity index (χ0n) is 13.8. The lowest BCUT2D eigenvalue weighted by Gasteiger charge is -2.35. The molecule has 7 nitrogen and oxygen atoms in total. The maximum absolute atomic E-state index is 13.6. The third-order valence-electron chi connectivity index (χ3n) is 4.38. The molecule has 2 rings (SSSR count). The monoisotopic (exact) mass is 353 g/mol. The van der Waals surface area contributed by atoms with Crippen LogP contribution in [0.5, 0.6) is 5.75 Å². The number of ketones is 1. The van der Waals surface area contributed by atoms with Gasteiger partial charge in [-0.15, -0.1) is 0 Å². The van der Waals surface area contributed by atoms with Crippen LogP contribution in [0.2, 0.25) is 0 Å². The molecule has 136 valence electrons. The number of rotatable bonds is 6. The van der Waals surface area contributed by atoms with Gasteiger partial charge in [0.2, 0.25) is 5.91 Å². The van der Waals surface area contributed by atoms with Gasteiger partial charge in [0.1, 0.15) is 0 Å². The van der Waals surface area contributed by atoms with E-state index in [-0.39, 0.29) is 61.8 Å². The number of hydrogen-bond acceptors (Lipinski definition) is 5. The molecule has 0 spiro atoms. The largest absolute Gasteiger partial charge is 0.494 e. The molecule has 1 aliphatic heterocycles. The number of aliphatic carboxylic acids is 1. The van der Waals surface area contributed by atoms with Gasteiger partial charge in [-0.05, 0) is 18.2 Å². The van der Waals surface area contributed by atoms with Gasteiger partial charge in [0, 0.05) is 44.3 Å². The molecule has 0 aliphatic carbocycles. The lowest BCUT2D eigenvalue weighted by molar-refractivity contribution is -0.165. The van der Waals surface area contributed by atoms with Crippen LogP contribution < -0.4 is 4.74 Å². The van der Waals surface area contributed by atoms with Crippen LogP contribution in [-0.2, 0) is 9.59 Å². The van der Waals surface area contributed by atoms with Gasteiger partial charge in [0.25, 0.3) is 0 Å². The summed E-state index contributed by atoms with van der Waals surface area (Å²) in [5, 5.41) is 18.8. The van der Waals surface area contributed by atoms with Crippen molar-refractivity contribution in [2.24, 2.45) is 0 Å². The number of carbonyl (C=O) groups excluding carboxylic acids is 2. The highest BCUT2D eigenvalue weighted by Gasteiger charge is 2.40. The van der Waals surface area contributed by atoms with E-state index < -0.39 is 17.4 Å². The zero-order chi connectivity index (χ0) is 18.6. The van der Waals surface area contributed by atoms with Crippen LogP contribution in [-0.4, -0.2) is 58.6 Å². The highest BCUT2D eigenvalue weighted by molar-refractivity contribution is 5.98. The van der Waals surface area contributed by atoms with Crippen molar-refractivity contribution in [1.29, 1.82) is 0 Å². The standard InChI is InChI=1S/C17H20FNO6/c1-25-14-4-2-11(10-12(14)18)13(20)3-5-15(21)19-8-6-17(24,7-9-19)16(22)23/h2,4,10,24H,3,5-9H2,1H3,(H,22,23). The van der Waals surface area contributed by atoms with Crippen LogP contribution in [0.4, 0.5) is 4.39 Å². The van der Waals surface area contributed by atoms with Crippen molar-refractivity contribution in [2.75, 3.05) is 20.2 Å². The van der Waals surface area contributed by atoms with Crippen molar-refractivity contribution < 1.29 is 33.7 Å². The van der Waals surface area contributed by atoms with Crippen molar-refractivity contribution in [1.82, 2.24) is 4.90 Å². The number of piperidine rings is 1. The summed E-state index contributed by atoms with van der Waals surface area (Å²) >= 11 is 0. The summed E-state index contributed by atoms with van der Waals surface area (Å²) in [6.45, 7) is 0.236. The van der Waals surface area contributed by atoms with Gasteiger partial charge >= 0.3 is 5.97 Å². The quantitative estimate of drug-likeness (QED) is 0.746. The van der Waals surface area contributed by atoms with Crippen LogP contribution in [0.1, 0.15) is 36.0 Å². The van der Waals surface area contributed by atoms with Crippen LogP contribution in [0.25, 0.3) is 0 Å². The van der Waals surface area contributed by atoms with E-state index >= 15 is 0 Å². The molecule has 1 aromatic carbocycles. The van der Waals surface area contributed by atoms with E-state index in [1.807, 2.05) is 0 Å². The fourth-order valence-electron chi connectivity index (χ4n) is 2.70. The molecule has 25 heavy (non-hydrogen) atoms. The Morgan fingerprint density at radius 2 is 1.88 bits per heavy atom. The SMILES string of the molecule is COc1ccc(C(=O)CCC(=O)N2CCC(O)(C(=O)O)CC2)cc1F. The summed E-state index contributed by atoms with van der Waals surface area (Å²) in [6, 6.07) is 3.85. The molecular formula is C17H20FNO6. The van der Waals surface area contributed by atoms with E-state index in [0.29, 0.717) is 0 Å². The molecule has 0 unspecified atom stereocenters. The Morgan fingerprint density at radius 1 is 1.24 bits per heavy atom. The minimum Gasteiger partial charge on any atom is -0.494 e. The summed E-state index contributed by atoms with van der Waals surface area (Å²) in [5.41, 5.74) is -1.64. The third-order valence-corrected chi connectivity index (χ3v) is 4.38. The van der Waals surface area contributed by atoms with Crippen LogP contribution in [0.3, 0.4) is 0 Å². The van der Waals surface area contributed by atoms with Gasteiger partial charge in [0.15, 0.2) is 23.0 Å². The smallest absolute Gasteiger partial charge is 0.335 e. The Balaban J connectivity index is 1.87. The normalized spacial score (nSPS) is 16.4. The van der Waals surface area contributed by atoms with Gasteiger partial charge < -0.3 is 19.8 Å². The number of aliphatic hydroxyl groups is 1. The van der Waals surface area contributed by atoms with E-state index in [9.17, 15) is 23.9 Å². The van der Waals surface area contributed by atoms with Gasteiger partial charge in [-0.1, -0.05) is 0 Å². The number of nitrogens with zero attached hydrogens (tertiary/aromatic N) is 1. The first-order valence-corrected chi connectivity index (χ1v) is 7.87. The topological polar surface area (TPSA) is 104 Å². The van der Waals surface area contributed by atoms with Crippen LogP contribution in [0, 0.1) is 5.82 Å². The molecule has 1 saturated heterocycles. The summed E-state index contributed by atoms with van der Waals surface area (Å²) < 4.78 is 18.4. The highest BCUT2D eigenvalue weighted by atomic mass is 19.1. The number of hydrogen-bond donors (Lipinski definition) is 2. The lowest BCUT2D eigenvalue weighted by atomic mass is 9.91. The minimum absolute atomic E-state index is 0.0341. The average molecular weight is 353 g/mol. The Labute approximate surface area is 144 Å². The Morgan fingerprint density at radius 3 is 2.40 bits per heavy atom. The first-order chi connectivity index (χ1) is 11.8. The summed E-state index contributed by atoms with van der Waals surface area (Å²) in [7, 11) is 1.32. The molecule has 8 heteroatoms. The van der Waals surface area contributed by atoms with Crippen molar-refractivity contribution in [3.63, 3.8) is 0 Å². The van der Waals surface area contributed by atoms with Crippen molar-refractivity contribution in [3.05, 3.63) is 29.6 Å². The number of ether oxygens (including phenoxy) is 1. The number of Topliss-reactive ketones (excluding diaryl/α,β-unsaturated/α-hetero) is 1. The maximum atomic E-state index is 13.6. The number of methoxy groups -OCH3 is 1. The second kappa shape index (κ2) is 7.60. The molecule has 0 atom stereocenters. The summed E-state index contributed by atoms with van der Waals surface area (Å²) in [5.74, 6) is -2.57. The van der Waals surface area contributed by atoms with E-state index in [4.69, 9.17) is 9.84 Å². The lowest BCUT2D eigenvalue weighted by Crippen LogP contribution is -2.50. The molecule has 0 saturated carbocycles. The molecule has 0 bridgehead atoms. The molecule has 0 radical (unpaired) electrons. The molecule has 2 N–H and O–H groups in total. The van der Waals surface area contributed by atoms with Gasteiger partial charge in [0.05, 0.1) is 7.11 Å². The maximum Gasteiger partial charge on any atom is 0.335 e. The number of halogens is 1. The first kappa shape index (κ1) is 18.9. The first-order valence-electron chi connectivity index (χ1n) is 7.87. The number of benzene rings is 1. The molecule has 1 amide bonds. The van der Waals surface area contributed by atoms with E-state index in [1.165, 1.54) is 24.1 Å². The Hall–Kier alpha value is -2.48. The van der Waals surface area contributed by atoms with Gasteiger partial charge in [-0.3, -0.25) is 9.59 Å². The Kier molecular flexibility index (Phi) is 5.73. The number of carboxylic acids is 1. The fourth-order valence-corrected chi connectivity index (χ4v) is 2.70. The van der Waals surface area contributed by atoms with Crippen LogP contribution in [0.15, 0.2) is 18.2 Å². The minimum atomic E-state index is -1.80. The summed E-state index contributed by atoms with van der Waals surface area (Å²) in [4.78, 5) is 36.6. The average Bonchev–Trinajstić information content (AvgIpc) is 2.59. The van der Waals surface area contributed by atoms with Crippen molar-refractivity contribution in [3.8, 4) is 5.75 Å². The number of carboxylic acid groups (broad SMARTS) is 1. The highest BCUT2D eigenvalue weighted by Crippen LogP contribution is 2.23. The predicted molar refractivity (Wildman–Crippen MR) is 84.9 cm³/mol. The van der Waals surface area contributed by atoms with E-state index in [2.05, 4.69) is 0 Å². The number of likely N-dealkylation sites (tertiary alicyclic amines) is 1. The second-order valence-corrected chi connectivity index (χ2v) is 5.99. The molecule has 1 heterocycles. The Bertz CT molecular complexity index is 682.